The lowest BCUT2D eigenvalue weighted by Gasteiger charge is -2.35. The Morgan fingerprint density at radius 1 is 1.11 bits per heavy atom. The van der Waals surface area contributed by atoms with Crippen LogP contribution < -0.4 is 10.6 Å². The molecule has 0 aliphatic carbocycles. The van der Waals surface area contributed by atoms with Crippen LogP contribution in [0.15, 0.2) is 52.3 Å². The molecule has 1 aliphatic heterocycles. The van der Waals surface area contributed by atoms with Gasteiger partial charge in [0, 0.05) is 61.7 Å². The van der Waals surface area contributed by atoms with Gasteiger partial charge in [0.15, 0.2) is 11.1 Å². The molecule has 2 aromatic heterocycles. The van der Waals surface area contributed by atoms with Crippen LogP contribution in [-0.4, -0.2) is 53.6 Å². The van der Waals surface area contributed by atoms with Gasteiger partial charge in [0.05, 0.1) is 5.69 Å². The van der Waals surface area contributed by atoms with Crippen LogP contribution in [0.5, 0.6) is 0 Å². The Morgan fingerprint density at radius 2 is 1.93 bits per heavy atom. The fourth-order valence-corrected chi connectivity index (χ4v) is 4.58. The third-order valence-electron chi connectivity index (χ3n) is 4.51. The van der Waals surface area contributed by atoms with E-state index in [4.69, 9.17) is 10.7 Å². The van der Waals surface area contributed by atoms with E-state index in [0.717, 1.165) is 54.0 Å². The number of nitrogens with zero attached hydrogens (tertiary/aromatic N) is 5. The summed E-state index contributed by atoms with van der Waals surface area (Å²) < 4.78 is 0. The van der Waals surface area contributed by atoms with E-state index in [1.165, 1.54) is 0 Å². The van der Waals surface area contributed by atoms with Gasteiger partial charge in [0.25, 0.3) is 0 Å². The second-order valence-electron chi connectivity index (χ2n) is 6.29. The van der Waals surface area contributed by atoms with Gasteiger partial charge in [-0.15, -0.1) is 22.7 Å². The Kier molecular flexibility index (Phi) is 5.64. The quantitative estimate of drug-likeness (QED) is 0.529. The molecule has 140 valence electrons. The van der Waals surface area contributed by atoms with Gasteiger partial charge in [0.2, 0.25) is 0 Å². The summed E-state index contributed by atoms with van der Waals surface area (Å²) in [6, 6.07) is 10.3. The highest BCUT2D eigenvalue weighted by atomic mass is 32.1. The van der Waals surface area contributed by atoms with E-state index >= 15 is 0 Å². The summed E-state index contributed by atoms with van der Waals surface area (Å²) in [5.74, 6) is 0.632. The van der Waals surface area contributed by atoms with E-state index in [1.807, 2.05) is 29.8 Å². The third kappa shape index (κ3) is 4.45. The van der Waals surface area contributed by atoms with Gasteiger partial charge in [-0.05, 0) is 0 Å². The third-order valence-corrected chi connectivity index (χ3v) is 6.28. The summed E-state index contributed by atoms with van der Waals surface area (Å²) in [6.07, 6.45) is 2.66. The fraction of sp³-hybridized carbons (Fsp3) is 0.316. The summed E-state index contributed by atoms with van der Waals surface area (Å²) in [7, 11) is 0. The standard InChI is InChI=1S/C19H22N6S2/c20-18(24-9-11-25(12-10-24)19-22-8-13-26-19)21-7-6-16-14-27-17(23-16)15-4-2-1-3-5-15/h1-5,8,13-14H,6-7,9-12H2,(H2,20,21). The highest BCUT2D eigenvalue weighted by Gasteiger charge is 2.19. The molecule has 0 atom stereocenters. The summed E-state index contributed by atoms with van der Waals surface area (Å²) >= 11 is 3.36. The molecule has 0 unspecified atom stereocenters. The summed E-state index contributed by atoms with van der Waals surface area (Å²) in [5.41, 5.74) is 8.43. The first kappa shape index (κ1) is 17.9. The topological polar surface area (TPSA) is 70.6 Å². The number of guanidine groups is 1. The molecular formula is C19H22N6S2. The van der Waals surface area contributed by atoms with E-state index in [1.54, 1.807) is 22.7 Å². The lowest BCUT2D eigenvalue weighted by molar-refractivity contribution is 0.380. The maximum absolute atomic E-state index is 6.20. The normalized spacial score (nSPS) is 15.3. The van der Waals surface area contributed by atoms with Gasteiger partial charge in [0.1, 0.15) is 5.01 Å². The van der Waals surface area contributed by atoms with Crippen molar-refractivity contribution in [3.8, 4) is 10.6 Å². The molecule has 2 N–H and O–H groups in total. The molecule has 1 aromatic carbocycles. The molecule has 27 heavy (non-hydrogen) atoms. The van der Waals surface area contributed by atoms with Crippen LogP contribution in [0.4, 0.5) is 5.13 Å². The minimum atomic E-state index is 0.632. The molecule has 0 amide bonds. The van der Waals surface area contributed by atoms with Crippen LogP contribution in [0, 0.1) is 0 Å². The number of benzene rings is 1. The first-order valence-electron chi connectivity index (χ1n) is 8.99. The van der Waals surface area contributed by atoms with Crippen molar-refractivity contribution in [2.75, 3.05) is 37.6 Å². The molecule has 3 heterocycles. The number of anilines is 1. The Balaban J connectivity index is 1.27. The zero-order valence-electron chi connectivity index (χ0n) is 15.0. The first-order chi connectivity index (χ1) is 13.3. The van der Waals surface area contributed by atoms with E-state index in [9.17, 15) is 0 Å². The highest BCUT2D eigenvalue weighted by Crippen LogP contribution is 2.23. The monoisotopic (exact) mass is 398 g/mol. The van der Waals surface area contributed by atoms with Crippen LogP contribution in [0.3, 0.4) is 0 Å². The van der Waals surface area contributed by atoms with Crippen molar-refractivity contribution in [1.29, 1.82) is 0 Å². The zero-order valence-corrected chi connectivity index (χ0v) is 16.6. The number of aliphatic imine (C=N–C) groups is 1. The molecule has 8 heteroatoms. The molecule has 4 rings (SSSR count). The first-order valence-corrected chi connectivity index (χ1v) is 10.7. The number of thiazole rings is 2. The molecule has 1 fully saturated rings. The van der Waals surface area contributed by atoms with Crippen molar-refractivity contribution in [2.45, 2.75) is 6.42 Å². The lowest BCUT2D eigenvalue weighted by Crippen LogP contribution is -2.51. The van der Waals surface area contributed by atoms with Gasteiger partial charge in [-0.1, -0.05) is 30.3 Å². The van der Waals surface area contributed by atoms with Crippen LogP contribution in [0.1, 0.15) is 5.69 Å². The fourth-order valence-electron chi connectivity index (χ4n) is 3.02. The molecule has 1 aliphatic rings. The van der Waals surface area contributed by atoms with Gasteiger partial charge in [-0.2, -0.15) is 0 Å². The second kappa shape index (κ2) is 8.49. The Bertz CT molecular complexity index is 867. The minimum absolute atomic E-state index is 0.632. The van der Waals surface area contributed by atoms with E-state index in [0.29, 0.717) is 12.5 Å². The Morgan fingerprint density at radius 3 is 2.67 bits per heavy atom. The Labute approximate surface area is 167 Å². The number of rotatable bonds is 5. The number of hydrogen-bond donors (Lipinski definition) is 1. The molecular weight excluding hydrogens is 376 g/mol. The van der Waals surface area contributed by atoms with Gasteiger partial charge in [-0.25, -0.2) is 9.97 Å². The lowest BCUT2D eigenvalue weighted by atomic mass is 10.2. The number of hydrogen-bond acceptors (Lipinski definition) is 6. The number of piperazine rings is 1. The van der Waals surface area contributed by atoms with Crippen molar-refractivity contribution in [2.24, 2.45) is 10.7 Å². The number of nitrogens with two attached hydrogens (primary N) is 1. The molecule has 3 aromatic rings. The molecule has 1 saturated heterocycles. The predicted octanol–water partition coefficient (Wildman–Crippen LogP) is 2.95. The highest BCUT2D eigenvalue weighted by molar-refractivity contribution is 7.13. The second-order valence-corrected chi connectivity index (χ2v) is 8.02. The molecule has 0 bridgehead atoms. The van der Waals surface area contributed by atoms with Gasteiger partial charge >= 0.3 is 0 Å². The SMILES string of the molecule is NC(=NCCc1csc(-c2ccccc2)n1)N1CCN(c2nccs2)CC1. The van der Waals surface area contributed by atoms with Crippen LogP contribution in [-0.2, 0) is 6.42 Å². The maximum Gasteiger partial charge on any atom is 0.191 e. The van der Waals surface area contributed by atoms with E-state index in [-0.39, 0.29) is 0 Å². The van der Waals surface area contributed by atoms with Crippen LogP contribution >= 0.6 is 22.7 Å². The van der Waals surface area contributed by atoms with Crippen molar-refractivity contribution in [3.05, 3.63) is 53.0 Å². The molecule has 0 spiro atoms. The van der Waals surface area contributed by atoms with Crippen LogP contribution in [0.2, 0.25) is 0 Å². The van der Waals surface area contributed by atoms with Gasteiger partial charge < -0.3 is 15.5 Å². The largest absolute Gasteiger partial charge is 0.370 e. The summed E-state index contributed by atoms with van der Waals surface area (Å²) in [5, 5.41) is 6.27. The van der Waals surface area contributed by atoms with Crippen molar-refractivity contribution >= 4 is 33.8 Å². The average molecular weight is 399 g/mol. The summed E-state index contributed by atoms with van der Waals surface area (Å²) in [4.78, 5) is 18.1. The molecule has 0 saturated carbocycles. The minimum Gasteiger partial charge on any atom is -0.370 e. The van der Waals surface area contributed by atoms with Crippen LogP contribution in [0.25, 0.3) is 10.6 Å². The van der Waals surface area contributed by atoms with Gasteiger partial charge in [-0.3, -0.25) is 4.99 Å². The van der Waals surface area contributed by atoms with E-state index in [2.05, 4.69) is 37.3 Å². The molecule has 6 nitrogen and oxygen atoms in total. The smallest absolute Gasteiger partial charge is 0.191 e. The Hall–Kier alpha value is -2.45. The van der Waals surface area contributed by atoms with Crippen molar-refractivity contribution in [3.63, 3.8) is 0 Å². The van der Waals surface area contributed by atoms with E-state index < -0.39 is 0 Å². The maximum atomic E-state index is 6.20. The average Bonchev–Trinajstić information content (AvgIpc) is 3.41. The number of aromatic nitrogens is 2. The van der Waals surface area contributed by atoms with Crippen molar-refractivity contribution in [1.82, 2.24) is 14.9 Å². The summed E-state index contributed by atoms with van der Waals surface area (Å²) in [6.45, 7) is 4.27. The van der Waals surface area contributed by atoms with Crippen molar-refractivity contribution < 1.29 is 0 Å². The zero-order chi connectivity index (χ0) is 18.5. The molecule has 0 radical (unpaired) electrons. The predicted molar refractivity (Wildman–Crippen MR) is 114 cm³/mol.